The molecule has 4 nitrogen and oxygen atoms in total. The first-order valence-electron chi connectivity index (χ1n) is 6.94. The Hall–Kier alpha value is -1.98. The highest BCUT2D eigenvalue weighted by molar-refractivity contribution is 5.94. The van der Waals surface area contributed by atoms with Crippen LogP contribution in [0.2, 0.25) is 0 Å². The Labute approximate surface area is 121 Å². The van der Waals surface area contributed by atoms with Crippen LogP contribution in [0.5, 0.6) is 0 Å². The molecule has 0 aromatic heterocycles. The number of benzene rings is 1. The predicted octanol–water partition coefficient (Wildman–Crippen LogP) is 2.38. The van der Waals surface area contributed by atoms with E-state index in [2.05, 4.69) is 0 Å². The SMILES string of the molecule is CCOC(=O)C1CCCN(C(=O)c2cccc(F)c2F)C1. The minimum atomic E-state index is -1.15. The third-order valence-electron chi connectivity index (χ3n) is 3.51. The molecule has 1 amide bonds. The smallest absolute Gasteiger partial charge is 0.310 e. The number of halogens is 2. The zero-order valence-electron chi connectivity index (χ0n) is 11.8. The van der Waals surface area contributed by atoms with Crippen LogP contribution in [0.1, 0.15) is 30.1 Å². The molecule has 6 heteroatoms. The quantitative estimate of drug-likeness (QED) is 0.805. The molecule has 1 fully saturated rings. The highest BCUT2D eigenvalue weighted by atomic mass is 19.2. The van der Waals surface area contributed by atoms with E-state index in [9.17, 15) is 18.4 Å². The third kappa shape index (κ3) is 3.37. The summed E-state index contributed by atoms with van der Waals surface area (Å²) < 4.78 is 31.8. The fraction of sp³-hybridized carbons (Fsp3) is 0.467. The number of amides is 1. The van der Waals surface area contributed by atoms with Crippen LogP contribution in [0.25, 0.3) is 0 Å². The molecule has 1 aliphatic rings. The summed E-state index contributed by atoms with van der Waals surface area (Å²) in [6.07, 6.45) is 1.26. The molecule has 1 aromatic carbocycles. The van der Waals surface area contributed by atoms with E-state index in [0.717, 1.165) is 6.07 Å². The van der Waals surface area contributed by atoms with Crippen molar-refractivity contribution in [1.29, 1.82) is 0 Å². The van der Waals surface area contributed by atoms with Gasteiger partial charge in [0, 0.05) is 13.1 Å². The Morgan fingerprint density at radius 1 is 1.38 bits per heavy atom. The van der Waals surface area contributed by atoms with E-state index >= 15 is 0 Å². The summed E-state index contributed by atoms with van der Waals surface area (Å²) in [7, 11) is 0. The first kappa shape index (κ1) is 15.4. The van der Waals surface area contributed by atoms with Crippen LogP contribution in [0.3, 0.4) is 0 Å². The van der Waals surface area contributed by atoms with Gasteiger partial charge in [0.25, 0.3) is 5.91 Å². The maximum Gasteiger partial charge on any atom is 0.310 e. The number of hydrogen-bond donors (Lipinski definition) is 0. The Kier molecular flexibility index (Phi) is 4.88. The summed E-state index contributed by atoms with van der Waals surface area (Å²) in [4.78, 5) is 25.4. The topological polar surface area (TPSA) is 46.6 Å². The number of carbonyl (C=O) groups excluding carboxylic acids is 2. The van der Waals surface area contributed by atoms with E-state index in [1.54, 1.807) is 6.92 Å². The number of piperidine rings is 1. The lowest BCUT2D eigenvalue weighted by atomic mass is 9.97. The number of rotatable bonds is 3. The highest BCUT2D eigenvalue weighted by Gasteiger charge is 2.31. The summed E-state index contributed by atoms with van der Waals surface area (Å²) >= 11 is 0. The largest absolute Gasteiger partial charge is 0.466 e. The summed E-state index contributed by atoms with van der Waals surface area (Å²) in [5.74, 6) is -3.56. The van der Waals surface area contributed by atoms with Gasteiger partial charge in [-0.05, 0) is 31.9 Å². The fourth-order valence-corrected chi connectivity index (χ4v) is 2.45. The molecule has 0 saturated carbocycles. The molecule has 1 heterocycles. The van der Waals surface area contributed by atoms with Crippen LogP contribution < -0.4 is 0 Å². The van der Waals surface area contributed by atoms with Gasteiger partial charge in [0.15, 0.2) is 11.6 Å². The second-order valence-electron chi connectivity index (χ2n) is 4.94. The van der Waals surface area contributed by atoms with Crippen LogP contribution in [-0.4, -0.2) is 36.5 Å². The van der Waals surface area contributed by atoms with E-state index in [4.69, 9.17) is 4.74 Å². The van der Waals surface area contributed by atoms with Gasteiger partial charge in [-0.25, -0.2) is 8.78 Å². The van der Waals surface area contributed by atoms with Gasteiger partial charge < -0.3 is 9.64 Å². The van der Waals surface area contributed by atoms with Crippen LogP contribution >= 0.6 is 0 Å². The molecular weight excluding hydrogens is 280 g/mol. The van der Waals surface area contributed by atoms with Gasteiger partial charge >= 0.3 is 5.97 Å². The van der Waals surface area contributed by atoms with Gasteiger partial charge in [0.05, 0.1) is 18.1 Å². The molecule has 1 aromatic rings. The van der Waals surface area contributed by atoms with Crippen LogP contribution in [-0.2, 0) is 9.53 Å². The number of ether oxygens (including phenoxy) is 1. The molecule has 21 heavy (non-hydrogen) atoms. The van der Waals surface area contributed by atoms with Crippen LogP contribution in [0.15, 0.2) is 18.2 Å². The molecule has 2 rings (SSSR count). The van der Waals surface area contributed by atoms with Gasteiger partial charge in [-0.15, -0.1) is 0 Å². The molecule has 0 radical (unpaired) electrons. The van der Waals surface area contributed by atoms with Crippen LogP contribution in [0, 0.1) is 17.6 Å². The first-order valence-corrected chi connectivity index (χ1v) is 6.94. The lowest BCUT2D eigenvalue weighted by Gasteiger charge is -2.31. The van der Waals surface area contributed by atoms with Crippen molar-refractivity contribution in [3.8, 4) is 0 Å². The highest BCUT2D eigenvalue weighted by Crippen LogP contribution is 2.21. The maximum atomic E-state index is 13.7. The van der Waals surface area contributed by atoms with Crippen molar-refractivity contribution in [2.24, 2.45) is 5.92 Å². The van der Waals surface area contributed by atoms with E-state index < -0.39 is 23.5 Å². The molecule has 1 unspecified atom stereocenters. The number of esters is 1. The zero-order valence-corrected chi connectivity index (χ0v) is 11.8. The van der Waals surface area contributed by atoms with E-state index in [1.165, 1.54) is 17.0 Å². The second kappa shape index (κ2) is 6.65. The van der Waals surface area contributed by atoms with Gasteiger partial charge in [-0.2, -0.15) is 0 Å². The first-order chi connectivity index (χ1) is 10.0. The third-order valence-corrected chi connectivity index (χ3v) is 3.51. The van der Waals surface area contributed by atoms with Gasteiger partial charge in [0.1, 0.15) is 0 Å². The molecule has 0 N–H and O–H groups in total. The number of likely N-dealkylation sites (tertiary alicyclic amines) is 1. The molecule has 0 aliphatic carbocycles. The standard InChI is InChI=1S/C15H17F2NO3/c1-2-21-15(20)10-5-4-8-18(9-10)14(19)11-6-3-7-12(16)13(11)17/h3,6-7,10H,2,4-5,8-9H2,1H3. The zero-order chi connectivity index (χ0) is 15.4. The van der Waals surface area contributed by atoms with Crippen LogP contribution in [0.4, 0.5) is 8.78 Å². The Morgan fingerprint density at radius 3 is 2.86 bits per heavy atom. The lowest BCUT2D eigenvalue weighted by Crippen LogP contribution is -2.43. The Bertz CT molecular complexity index is 548. The molecule has 114 valence electrons. The lowest BCUT2D eigenvalue weighted by molar-refractivity contribution is -0.149. The molecular formula is C15H17F2NO3. The van der Waals surface area contributed by atoms with Gasteiger partial charge in [-0.3, -0.25) is 9.59 Å². The minimum Gasteiger partial charge on any atom is -0.466 e. The second-order valence-corrected chi connectivity index (χ2v) is 4.94. The number of hydrogen-bond acceptors (Lipinski definition) is 3. The van der Waals surface area contributed by atoms with Crippen molar-refractivity contribution < 1.29 is 23.1 Å². The van der Waals surface area contributed by atoms with Gasteiger partial charge in [-0.1, -0.05) is 6.07 Å². The average molecular weight is 297 g/mol. The molecule has 0 bridgehead atoms. The van der Waals surface area contributed by atoms with Gasteiger partial charge in [0.2, 0.25) is 0 Å². The molecule has 1 saturated heterocycles. The minimum absolute atomic E-state index is 0.174. The Balaban J connectivity index is 2.12. The van der Waals surface area contributed by atoms with Crippen molar-refractivity contribution in [2.75, 3.05) is 19.7 Å². The summed E-state index contributed by atoms with van der Waals surface area (Å²) in [6, 6.07) is 3.50. The molecule has 1 aliphatic heterocycles. The van der Waals surface area contributed by atoms with E-state index in [1.807, 2.05) is 0 Å². The van der Waals surface area contributed by atoms with E-state index in [0.29, 0.717) is 19.4 Å². The van der Waals surface area contributed by atoms with Crippen molar-refractivity contribution in [1.82, 2.24) is 4.90 Å². The van der Waals surface area contributed by atoms with Crippen molar-refractivity contribution in [3.63, 3.8) is 0 Å². The molecule has 0 spiro atoms. The summed E-state index contributed by atoms with van der Waals surface area (Å²) in [5.41, 5.74) is -0.306. The number of nitrogens with zero attached hydrogens (tertiary/aromatic N) is 1. The average Bonchev–Trinajstić information content (AvgIpc) is 2.50. The summed E-state index contributed by atoms with van der Waals surface area (Å²) in [5, 5.41) is 0. The van der Waals surface area contributed by atoms with Crippen molar-refractivity contribution in [3.05, 3.63) is 35.4 Å². The molecule has 1 atom stereocenters. The van der Waals surface area contributed by atoms with Crippen molar-refractivity contribution >= 4 is 11.9 Å². The predicted molar refractivity (Wildman–Crippen MR) is 71.6 cm³/mol. The summed E-state index contributed by atoms with van der Waals surface area (Å²) in [6.45, 7) is 2.59. The van der Waals surface area contributed by atoms with E-state index in [-0.39, 0.29) is 24.7 Å². The van der Waals surface area contributed by atoms with Crippen molar-refractivity contribution in [2.45, 2.75) is 19.8 Å². The monoisotopic (exact) mass is 297 g/mol. The Morgan fingerprint density at radius 2 is 2.14 bits per heavy atom. The maximum absolute atomic E-state index is 13.7. The number of carbonyl (C=O) groups is 2. The fourth-order valence-electron chi connectivity index (χ4n) is 2.45. The normalized spacial score (nSPS) is 18.4.